The van der Waals surface area contributed by atoms with Gasteiger partial charge in [-0.15, -0.1) is 0 Å². The first-order chi connectivity index (χ1) is 22.1. The molecule has 0 saturated heterocycles. The third kappa shape index (κ3) is 4.53. The highest BCUT2D eigenvalue weighted by Crippen LogP contribution is 2.58. The van der Waals surface area contributed by atoms with Gasteiger partial charge in [-0.25, -0.2) is 10.0 Å². The molecule has 0 amide bonds. The van der Waals surface area contributed by atoms with Crippen molar-refractivity contribution in [1.29, 1.82) is 0 Å². The molecule has 10 nitrogen and oxygen atoms in total. The average Bonchev–Trinajstić information content (AvgIpc) is 3.46. The molecular weight excluding hydrogens is 621 g/mol. The maximum atomic E-state index is 14.6. The van der Waals surface area contributed by atoms with Gasteiger partial charge in [0.25, 0.3) is 5.69 Å². The van der Waals surface area contributed by atoms with E-state index in [4.69, 9.17) is 5.10 Å². The Morgan fingerprint density at radius 2 is 1.39 bits per heavy atom. The molecule has 0 N–H and O–H groups in total. The van der Waals surface area contributed by atoms with Gasteiger partial charge in [-0.2, -0.15) is 23.4 Å². The first-order valence-electron chi connectivity index (χ1n) is 13.7. The van der Waals surface area contributed by atoms with Crippen molar-refractivity contribution in [3.05, 3.63) is 152 Å². The molecule has 0 saturated carbocycles. The van der Waals surface area contributed by atoms with Crippen molar-refractivity contribution in [2.24, 2.45) is 10.2 Å². The normalized spacial score (nSPS) is 17.5. The van der Waals surface area contributed by atoms with Crippen LogP contribution in [0.25, 0.3) is 10.8 Å². The molecule has 14 heteroatoms. The number of nitro benzene ring substituents is 2. The van der Waals surface area contributed by atoms with E-state index in [1.54, 1.807) is 54.6 Å². The Morgan fingerprint density at radius 1 is 0.717 bits per heavy atom. The van der Waals surface area contributed by atoms with Crippen LogP contribution in [-0.2, 0) is 4.99 Å². The van der Waals surface area contributed by atoms with Crippen LogP contribution in [-0.4, -0.2) is 26.8 Å². The number of nitro groups is 2. The minimum absolute atomic E-state index is 0.317. The van der Waals surface area contributed by atoms with Crippen molar-refractivity contribution in [1.82, 2.24) is 0 Å². The van der Waals surface area contributed by atoms with E-state index in [0.717, 1.165) is 27.9 Å². The van der Waals surface area contributed by atoms with Gasteiger partial charge < -0.3 is 0 Å². The van der Waals surface area contributed by atoms with Gasteiger partial charge in [0.2, 0.25) is 10.0 Å². The highest BCUT2D eigenvalue weighted by molar-refractivity contribution is 8.15. The fourth-order valence-corrected chi connectivity index (χ4v) is 6.94. The molecule has 0 fully saturated rings. The number of hydrogen-bond donors (Lipinski definition) is 0. The van der Waals surface area contributed by atoms with Crippen LogP contribution < -0.4 is 10.0 Å². The van der Waals surface area contributed by atoms with Crippen molar-refractivity contribution < 1.29 is 23.0 Å². The van der Waals surface area contributed by atoms with Gasteiger partial charge in [0, 0.05) is 22.8 Å². The van der Waals surface area contributed by atoms with Crippen molar-refractivity contribution >= 4 is 56.0 Å². The number of hydrogen-bond acceptors (Lipinski definition) is 9. The molecule has 2 aliphatic heterocycles. The van der Waals surface area contributed by atoms with E-state index >= 15 is 0 Å². The van der Waals surface area contributed by atoms with Crippen LogP contribution in [0.1, 0.15) is 16.7 Å². The quantitative estimate of drug-likeness (QED) is 0.140. The van der Waals surface area contributed by atoms with Crippen LogP contribution in [0.3, 0.4) is 0 Å². The Morgan fingerprint density at radius 3 is 2.13 bits per heavy atom. The number of hydrazone groups is 2. The molecule has 2 heterocycles. The third-order valence-electron chi connectivity index (χ3n) is 7.62. The van der Waals surface area contributed by atoms with E-state index in [1.807, 2.05) is 42.5 Å². The molecule has 5 aromatic carbocycles. The Hall–Kier alpha value is -5.76. The first kappa shape index (κ1) is 29.0. The van der Waals surface area contributed by atoms with E-state index in [1.165, 1.54) is 5.01 Å². The second-order valence-corrected chi connectivity index (χ2v) is 11.4. The summed E-state index contributed by atoms with van der Waals surface area (Å²) in [7, 11) is 0. The van der Waals surface area contributed by atoms with Gasteiger partial charge in [-0.05, 0) is 40.7 Å². The maximum absolute atomic E-state index is 14.6. The monoisotopic (exact) mass is 640 g/mol. The van der Waals surface area contributed by atoms with Crippen LogP contribution >= 0.6 is 11.8 Å². The van der Waals surface area contributed by atoms with E-state index in [-0.39, 0.29) is 5.69 Å². The lowest BCUT2D eigenvalue weighted by Crippen LogP contribution is -2.54. The highest BCUT2D eigenvalue weighted by Gasteiger charge is 2.60. The Labute approximate surface area is 262 Å². The number of nitrogens with zero attached hydrogens (tertiary/aromatic N) is 6. The number of anilines is 2. The molecule has 7 rings (SSSR count). The Bertz CT molecular complexity index is 2120. The predicted molar refractivity (Wildman–Crippen MR) is 170 cm³/mol. The molecule has 0 radical (unpaired) electrons. The lowest BCUT2D eigenvalue weighted by molar-refractivity contribution is -0.393. The zero-order chi connectivity index (χ0) is 32.2. The van der Waals surface area contributed by atoms with Crippen molar-refractivity contribution in [3.63, 3.8) is 0 Å². The molecule has 5 aromatic rings. The number of benzene rings is 5. The summed E-state index contributed by atoms with van der Waals surface area (Å²) in [6, 6.07) is 31.3. The fraction of sp³-hybridized carbons (Fsp3) is 0.0625. The Kier molecular flexibility index (Phi) is 6.74. The Balaban J connectivity index is 1.57. The lowest BCUT2D eigenvalue weighted by Gasteiger charge is -2.46. The number of para-hydroxylation sites is 1. The highest BCUT2D eigenvalue weighted by atomic mass is 32.2. The van der Waals surface area contributed by atoms with Gasteiger partial charge in [-0.3, -0.25) is 20.2 Å². The summed E-state index contributed by atoms with van der Waals surface area (Å²) in [5.41, 5.74) is 0.559. The minimum atomic E-state index is -4.95. The second kappa shape index (κ2) is 10.7. The number of fused-ring (bicyclic) bond motifs is 3. The standard InChI is InChI=1S/C32H19F3N6O4S/c33-31(34,35)30-37-39(27-18-17-22(40(42)43)19-28(27)41(44)45)32(46-30)26-16-7-6-14-25(26)29(36-38(32)21-11-2-1-3-12-21)24-15-8-10-20-9-4-5-13-23(20)24/h1-19H/t32-/m1/s1. The summed E-state index contributed by atoms with van der Waals surface area (Å²) >= 11 is 0.335. The molecule has 1 spiro atoms. The lowest BCUT2D eigenvalue weighted by atomic mass is 9.90. The smallest absolute Gasteiger partial charge is 0.258 e. The van der Waals surface area contributed by atoms with Gasteiger partial charge in [0.15, 0.2) is 0 Å². The molecule has 0 aliphatic carbocycles. The minimum Gasteiger partial charge on any atom is -0.258 e. The number of alkyl halides is 3. The molecule has 0 bridgehead atoms. The molecule has 1 atom stereocenters. The molecule has 228 valence electrons. The van der Waals surface area contributed by atoms with Gasteiger partial charge in [0.05, 0.1) is 27.3 Å². The predicted octanol–water partition coefficient (Wildman–Crippen LogP) is 8.17. The first-order valence-corrected chi connectivity index (χ1v) is 14.5. The van der Waals surface area contributed by atoms with Crippen molar-refractivity contribution in [3.8, 4) is 0 Å². The summed E-state index contributed by atoms with van der Waals surface area (Å²) in [5.74, 6) is 0. The summed E-state index contributed by atoms with van der Waals surface area (Å²) < 4.78 is 43.7. The summed E-state index contributed by atoms with van der Waals surface area (Å²) in [6.07, 6.45) is -4.95. The van der Waals surface area contributed by atoms with Gasteiger partial charge in [0.1, 0.15) is 5.69 Å². The molecular formula is C32H19F3N6O4S. The van der Waals surface area contributed by atoms with Crippen molar-refractivity contribution in [2.75, 3.05) is 10.0 Å². The molecule has 0 aromatic heterocycles. The summed E-state index contributed by atoms with van der Waals surface area (Å²) in [6.45, 7) is 0. The number of thioether (sulfide) groups is 1. The van der Waals surface area contributed by atoms with Crippen LogP contribution in [0.5, 0.6) is 0 Å². The van der Waals surface area contributed by atoms with Crippen LogP contribution in [0.15, 0.2) is 125 Å². The van der Waals surface area contributed by atoms with E-state index in [9.17, 15) is 33.4 Å². The van der Waals surface area contributed by atoms with E-state index in [2.05, 4.69) is 5.10 Å². The number of halogens is 3. The largest absolute Gasteiger partial charge is 0.441 e. The van der Waals surface area contributed by atoms with Crippen LogP contribution in [0.2, 0.25) is 0 Å². The topological polar surface area (TPSA) is 117 Å². The average molecular weight is 641 g/mol. The number of rotatable bonds is 5. The summed E-state index contributed by atoms with van der Waals surface area (Å²) in [4.78, 5) is 20.1. The third-order valence-corrected chi connectivity index (χ3v) is 8.98. The zero-order valence-electron chi connectivity index (χ0n) is 23.3. The number of non-ortho nitro benzene ring substituents is 1. The van der Waals surface area contributed by atoms with Crippen LogP contribution in [0.4, 0.5) is 35.9 Å². The van der Waals surface area contributed by atoms with Crippen LogP contribution in [0, 0.1) is 20.2 Å². The molecule has 46 heavy (non-hydrogen) atoms. The van der Waals surface area contributed by atoms with E-state index < -0.39 is 37.4 Å². The molecule has 0 unspecified atom stereocenters. The van der Waals surface area contributed by atoms with Gasteiger partial charge in [-0.1, -0.05) is 84.9 Å². The fourth-order valence-electron chi connectivity index (χ4n) is 5.68. The van der Waals surface area contributed by atoms with Gasteiger partial charge >= 0.3 is 11.9 Å². The maximum Gasteiger partial charge on any atom is 0.441 e. The zero-order valence-corrected chi connectivity index (χ0v) is 24.1. The second-order valence-electron chi connectivity index (χ2n) is 10.3. The molecule has 2 aliphatic rings. The summed E-state index contributed by atoms with van der Waals surface area (Å²) in [5, 5.41) is 35.6. The van der Waals surface area contributed by atoms with E-state index in [0.29, 0.717) is 45.9 Å². The van der Waals surface area contributed by atoms with Crippen molar-refractivity contribution in [2.45, 2.75) is 11.2 Å². The SMILES string of the molecule is O=[N+]([O-])c1ccc(N2N=C(C(F)(F)F)S[C@@]23c2ccccc2C(c2cccc4ccccc24)=NN3c2ccccc2)c([N+](=O)[O-])c1.